The molecule has 0 spiro atoms. The fourth-order valence-corrected chi connectivity index (χ4v) is 1.86. The van der Waals surface area contributed by atoms with Crippen molar-refractivity contribution in [1.82, 2.24) is 4.98 Å². The highest BCUT2D eigenvalue weighted by molar-refractivity contribution is 6.06. The van der Waals surface area contributed by atoms with Crippen LogP contribution < -0.4 is 11.1 Å². The first-order valence-corrected chi connectivity index (χ1v) is 6.31. The number of para-hydroxylation sites is 1. The Kier molecular flexibility index (Phi) is 4.68. The van der Waals surface area contributed by atoms with Crippen LogP contribution in [0, 0.1) is 0 Å². The Bertz CT molecular complexity index is 599. The summed E-state index contributed by atoms with van der Waals surface area (Å²) in [6, 6.07) is 10.9. The van der Waals surface area contributed by atoms with Gasteiger partial charge in [0.25, 0.3) is 5.91 Å². The number of hydrogen-bond donors (Lipinski definition) is 2. The van der Waals surface area contributed by atoms with Gasteiger partial charge in [-0.15, -0.1) is 0 Å². The predicted octanol–water partition coefficient (Wildman–Crippen LogP) is 2.10. The van der Waals surface area contributed by atoms with Crippen molar-refractivity contribution in [3.63, 3.8) is 0 Å². The molecule has 2 rings (SSSR count). The molecule has 0 radical (unpaired) electrons. The molecule has 0 fully saturated rings. The van der Waals surface area contributed by atoms with E-state index in [1.807, 2.05) is 24.3 Å². The number of carbonyl (C=O) groups excluding carboxylic acids is 1. The first-order chi connectivity index (χ1) is 9.72. The largest absolute Gasteiger partial charge is 0.397 e. The minimum absolute atomic E-state index is 0.231. The number of pyridine rings is 1. The minimum atomic E-state index is -0.312. The van der Waals surface area contributed by atoms with Gasteiger partial charge >= 0.3 is 0 Å². The topological polar surface area (TPSA) is 77.2 Å². The van der Waals surface area contributed by atoms with Crippen LogP contribution >= 0.6 is 0 Å². The molecular formula is C15H17N3O2. The summed E-state index contributed by atoms with van der Waals surface area (Å²) < 4.78 is 5.06. The van der Waals surface area contributed by atoms with Crippen molar-refractivity contribution in [1.29, 1.82) is 0 Å². The molecule has 0 unspecified atom stereocenters. The molecule has 0 bridgehead atoms. The van der Waals surface area contributed by atoms with E-state index in [0.717, 1.165) is 17.7 Å². The fraction of sp³-hybridized carbons (Fsp3) is 0.200. The van der Waals surface area contributed by atoms with E-state index in [2.05, 4.69) is 10.3 Å². The molecule has 1 aromatic carbocycles. The second kappa shape index (κ2) is 6.68. The SMILES string of the molecule is COCCc1ccccc1NC(=O)c1ncccc1N. The van der Waals surface area contributed by atoms with Gasteiger partial charge in [-0.1, -0.05) is 18.2 Å². The smallest absolute Gasteiger partial charge is 0.276 e. The fourth-order valence-electron chi connectivity index (χ4n) is 1.86. The number of amides is 1. The zero-order valence-electron chi connectivity index (χ0n) is 11.3. The number of methoxy groups -OCH3 is 1. The number of ether oxygens (including phenoxy) is 1. The Morgan fingerprint density at radius 3 is 2.85 bits per heavy atom. The maximum absolute atomic E-state index is 12.2. The maximum Gasteiger partial charge on any atom is 0.276 e. The lowest BCUT2D eigenvalue weighted by atomic mass is 10.1. The lowest BCUT2D eigenvalue weighted by molar-refractivity contribution is 0.102. The van der Waals surface area contributed by atoms with Crippen LogP contribution in [0.5, 0.6) is 0 Å². The molecule has 0 aliphatic carbocycles. The molecule has 1 heterocycles. The van der Waals surface area contributed by atoms with Crippen LogP contribution in [0.1, 0.15) is 16.1 Å². The minimum Gasteiger partial charge on any atom is -0.397 e. The number of hydrogen-bond acceptors (Lipinski definition) is 4. The normalized spacial score (nSPS) is 10.2. The molecule has 20 heavy (non-hydrogen) atoms. The summed E-state index contributed by atoms with van der Waals surface area (Å²) in [6.07, 6.45) is 2.27. The highest BCUT2D eigenvalue weighted by atomic mass is 16.5. The summed E-state index contributed by atoms with van der Waals surface area (Å²) in [5.41, 5.74) is 8.10. The third-order valence-corrected chi connectivity index (χ3v) is 2.90. The number of nitrogen functional groups attached to an aromatic ring is 1. The molecule has 0 atom stereocenters. The van der Waals surface area contributed by atoms with Crippen LogP contribution in [0.2, 0.25) is 0 Å². The maximum atomic E-state index is 12.2. The number of nitrogens with two attached hydrogens (primary N) is 1. The molecule has 5 nitrogen and oxygen atoms in total. The van der Waals surface area contributed by atoms with Gasteiger partial charge in [-0.3, -0.25) is 4.79 Å². The van der Waals surface area contributed by atoms with E-state index in [-0.39, 0.29) is 11.6 Å². The zero-order chi connectivity index (χ0) is 14.4. The van der Waals surface area contributed by atoms with Crippen LogP contribution in [0.25, 0.3) is 0 Å². The molecule has 0 aliphatic rings. The second-order valence-electron chi connectivity index (χ2n) is 4.30. The molecule has 1 amide bonds. The van der Waals surface area contributed by atoms with E-state index in [1.165, 1.54) is 0 Å². The van der Waals surface area contributed by atoms with Gasteiger partial charge in [0.2, 0.25) is 0 Å². The number of rotatable bonds is 5. The van der Waals surface area contributed by atoms with E-state index in [9.17, 15) is 4.79 Å². The van der Waals surface area contributed by atoms with Crippen molar-refractivity contribution in [2.75, 3.05) is 24.8 Å². The molecule has 104 valence electrons. The first-order valence-electron chi connectivity index (χ1n) is 6.31. The summed E-state index contributed by atoms with van der Waals surface area (Å²) in [5.74, 6) is -0.312. The summed E-state index contributed by atoms with van der Waals surface area (Å²) in [4.78, 5) is 16.2. The van der Waals surface area contributed by atoms with E-state index >= 15 is 0 Å². The van der Waals surface area contributed by atoms with Crippen LogP contribution in [0.3, 0.4) is 0 Å². The Morgan fingerprint density at radius 2 is 2.10 bits per heavy atom. The van der Waals surface area contributed by atoms with Gasteiger partial charge in [0, 0.05) is 19.0 Å². The average Bonchev–Trinajstić information content (AvgIpc) is 2.46. The molecular weight excluding hydrogens is 254 g/mol. The van der Waals surface area contributed by atoms with Gasteiger partial charge in [0.1, 0.15) is 0 Å². The van der Waals surface area contributed by atoms with Crippen LogP contribution in [0.15, 0.2) is 42.6 Å². The highest BCUT2D eigenvalue weighted by Gasteiger charge is 2.12. The van der Waals surface area contributed by atoms with Crippen molar-refractivity contribution in [2.24, 2.45) is 0 Å². The quantitative estimate of drug-likeness (QED) is 0.873. The van der Waals surface area contributed by atoms with E-state index in [4.69, 9.17) is 10.5 Å². The highest BCUT2D eigenvalue weighted by Crippen LogP contribution is 2.17. The molecule has 2 aromatic rings. The van der Waals surface area contributed by atoms with Gasteiger partial charge in [-0.05, 0) is 30.2 Å². The first kappa shape index (κ1) is 14.0. The molecule has 1 aromatic heterocycles. The van der Waals surface area contributed by atoms with Gasteiger partial charge in [0.05, 0.1) is 12.3 Å². The Labute approximate surface area is 117 Å². The van der Waals surface area contributed by atoms with Gasteiger partial charge < -0.3 is 15.8 Å². The standard InChI is InChI=1S/C15H17N3O2/c1-20-10-8-11-5-2-3-7-13(11)18-15(19)14-12(16)6-4-9-17-14/h2-7,9H,8,10,16H2,1H3,(H,18,19). The summed E-state index contributed by atoms with van der Waals surface area (Å²) >= 11 is 0. The summed E-state index contributed by atoms with van der Waals surface area (Å²) in [7, 11) is 1.65. The van der Waals surface area contributed by atoms with Crippen molar-refractivity contribution >= 4 is 17.3 Å². The van der Waals surface area contributed by atoms with Crippen molar-refractivity contribution in [3.8, 4) is 0 Å². The molecule has 5 heteroatoms. The number of aromatic nitrogens is 1. The molecule has 0 saturated heterocycles. The lowest BCUT2D eigenvalue weighted by Gasteiger charge is -2.11. The van der Waals surface area contributed by atoms with E-state index in [0.29, 0.717) is 12.3 Å². The van der Waals surface area contributed by atoms with Crippen LogP contribution in [-0.2, 0) is 11.2 Å². The van der Waals surface area contributed by atoms with Crippen LogP contribution in [0.4, 0.5) is 11.4 Å². The third kappa shape index (κ3) is 3.33. The van der Waals surface area contributed by atoms with Gasteiger partial charge in [-0.2, -0.15) is 0 Å². The number of nitrogens with zero attached hydrogens (tertiary/aromatic N) is 1. The van der Waals surface area contributed by atoms with Gasteiger partial charge in [0.15, 0.2) is 5.69 Å². The van der Waals surface area contributed by atoms with Crippen molar-refractivity contribution < 1.29 is 9.53 Å². The van der Waals surface area contributed by atoms with E-state index in [1.54, 1.807) is 25.4 Å². The number of anilines is 2. The Balaban J connectivity index is 2.18. The number of carbonyl (C=O) groups is 1. The lowest BCUT2D eigenvalue weighted by Crippen LogP contribution is -2.17. The molecule has 3 N–H and O–H groups in total. The average molecular weight is 271 g/mol. The molecule has 0 aliphatic heterocycles. The number of benzene rings is 1. The Hall–Kier alpha value is -2.40. The summed E-state index contributed by atoms with van der Waals surface area (Å²) in [5, 5.41) is 2.84. The van der Waals surface area contributed by atoms with Crippen molar-refractivity contribution in [2.45, 2.75) is 6.42 Å². The second-order valence-corrected chi connectivity index (χ2v) is 4.30. The van der Waals surface area contributed by atoms with Crippen LogP contribution in [-0.4, -0.2) is 24.6 Å². The van der Waals surface area contributed by atoms with Crippen molar-refractivity contribution in [3.05, 3.63) is 53.9 Å². The Morgan fingerprint density at radius 1 is 1.30 bits per heavy atom. The van der Waals surface area contributed by atoms with E-state index < -0.39 is 0 Å². The summed E-state index contributed by atoms with van der Waals surface area (Å²) in [6.45, 7) is 0.596. The monoisotopic (exact) mass is 271 g/mol. The third-order valence-electron chi connectivity index (χ3n) is 2.90. The zero-order valence-corrected chi connectivity index (χ0v) is 11.3. The number of nitrogens with one attached hydrogen (secondary N) is 1. The van der Waals surface area contributed by atoms with Gasteiger partial charge in [-0.25, -0.2) is 4.98 Å². The predicted molar refractivity (Wildman–Crippen MR) is 78.6 cm³/mol. The molecule has 0 saturated carbocycles.